The molecule has 148 valence electrons. The van der Waals surface area contributed by atoms with E-state index >= 15 is 0 Å². The van der Waals surface area contributed by atoms with Gasteiger partial charge in [0.2, 0.25) is 5.95 Å². The highest BCUT2D eigenvalue weighted by atomic mass is 16.5. The molecular weight excluding hydrogens is 360 g/mol. The predicted molar refractivity (Wildman–Crippen MR) is 103 cm³/mol. The number of rotatable bonds is 4. The fourth-order valence-corrected chi connectivity index (χ4v) is 3.53. The van der Waals surface area contributed by atoms with Crippen molar-refractivity contribution >= 4 is 11.9 Å². The molecule has 4 rings (SSSR count). The number of ether oxygens (including phenoxy) is 3. The first-order chi connectivity index (χ1) is 13.7. The molecule has 1 fully saturated rings. The van der Waals surface area contributed by atoms with Gasteiger partial charge < -0.3 is 24.0 Å². The summed E-state index contributed by atoms with van der Waals surface area (Å²) in [4.78, 5) is 26.2. The Bertz CT molecular complexity index is 867. The molecule has 8 heteroatoms. The molecule has 0 N–H and O–H groups in total. The molecule has 1 aromatic heterocycles. The number of benzene rings is 1. The predicted octanol–water partition coefficient (Wildman–Crippen LogP) is 1.53. The number of amides is 1. The highest BCUT2D eigenvalue weighted by molar-refractivity contribution is 5.95. The van der Waals surface area contributed by atoms with Crippen LogP contribution in [0.3, 0.4) is 0 Å². The molecule has 2 aliphatic rings. The van der Waals surface area contributed by atoms with Crippen molar-refractivity contribution in [2.24, 2.45) is 0 Å². The van der Waals surface area contributed by atoms with Crippen LogP contribution < -0.4 is 14.4 Å². The molecule has 1 saturated heterocycles. The minimum Gasteiger partial charge on any atom is -0.493 e. The second kappa shape index (κ2) is 8.02. The van der Waals surface area contributed by atoms with Crippen molar-refractivity contribution in [3.05, 3.63) is 41.2 Å². The van der Waals surface area contributed by atoms with E-state index in [1.165, 1.54) is 0 Å². The number of nitrogens with zero attached hydrogens (tertiary/aromatic N) is 4. The first kappa shape index (κ1) is 18.5. The van der Waals surface area contributed by atoms with Crippen molar-refractivity contribution in [2.45, 2.75) is 13.0 Å². The fraction of sp³-hybridized carbons (Fsp3) is 0.450. The van der Waals surface area contributed by atoms with Gasteiger partial charge in [0.05, 0.1) is 39.7 Å². The van der Waals surface area contributed by atoms with Crippen molar-refractivity contribution in [3.8, 4) is 11.5 Å². The topological polar surface area (TPSA) is 77.0 Å². The van der Waals surface area contributed by atoms with Crippen LogP contribution in [-0.2, 0) is 17.7 Å². The van der Waals surface area contributed by atoms with Gasteiger partial charge in [-0.3, -0.25) is 4.79 Å². The first-order valence-electron chi connectivity index (χ1n) is 9.38. The fourth-order valence-electron chi connectivity index (χ4n) is 3.53. The van der Waals surface area contributed by atoms with E-state index in [1.807, 2.05) is 11.1 Å². The summed E-state index contributed by atoms with van der Waals surface area (Å²) in [6, 6.07) is 5.23. The van der Waals surface area contributed by atoms with E-state index in [4.69, 9.17) is 19.2 Å². The van der Waals surface area contributed by atoms with Gasteiger partial charge >= 0.3 is 0 Å². The standard InChI is InChI=1S/C20H24N4O4/c1-26-17-4-3-14(11-18(17)27-2)19(25)24-6-5-15-12-21-20(22-16(15)13-24)23-7-9-28-10-8-23/h3-4,11-12H,5-10,13H2,1-2H3. The van der Waals surface area contributed by atoms with E-state index in [-0.39, 0.29) is 5.91 Å². The Morgan fingerprint density at radius 2 is 1.89 bits per heavy atom. The Morgan fingerprint density at radius 1 is 1.11 bits per heavy atom. The summed E-state index contributed by atoms with van der Waals surface area (Å²) in [5.74, 6) is 1.81. The van der Waals surface area contributed by atoms with Crippen LogP contribution in [0, 0.1) is 0 Å². The lowest BCUT2D eigenvalue weighted by Crippen LogP contribution is -2.39. The lowest BCUT2D eigenvalue weighted by Gasteiger charge is -2.31. The molecule has 8 nitrogen and oxygen atoms in total. The van der Waals surface area contributed by atoms with Crippen LogP contribution in [0.15, 0.2) is 24.4 Å². The maximum atomic E-state index is 13.0. The van der Waals surface area contributed by atoms with Crippen molar-refractivity contribution in [3.63, 3.8) is 0 Å². The van der Waals surface area contributed by atoms with E-state index in [0.29, 0.717) is 49.3 Å². The number of carbonyl (C=O) groups excluding carboxylic acids is 1. The maximum absolute atomic E-state index is 13.0. The minimum absolute atomic E-state index is 0.0434. The number of carbonyl (C=O) groups is 1. The number of anilines is 1. The molecule has 0 radical (unpaired) electrons. The molecule has 3 heterocycles. The molecule has 0 atom stereocenters. The first-order valence-corrected chi connectivity index (χ1v) is 9.38. The molecule has 0 spiro atoms. The summed E-state index contributed by atoms with van der Waals surface area (Å²) in [5.41, 5.74) is 2.59. The second-order valence-electron chi connectivity index (χ2n) is 6.79. The molecule has 28 heavy (non-hydrogen) atoms. The molecule has 2 aliphatic heterocycles. The van der Waals surface area contributed by atoms with Gasteiger partial charge in [-0.05, 0) is 30.2 Å². The molecular formula is C20H24N4O4. The molecule has 0 bridgehead atoms. The van der Waals surface area contributed by atoms with Gasteiger partial charge in [0, 0.05) is 31.4 Å². The summed E-state index contributed by atoms with van der Waals surface area (Å²) in [6.45, 7) is 4.05. The zero-order chi connectivity index (χ0) is 19.5. The van der Waals surface area contributed by atoms with Gasteiger partial charge in [-0.15, -0.1) is 0 Å². The molecule has 1 aromatic carbocycles. The number of methoxy groups -OCH3 is 2. The van der Waals surface area contributed by atoms with E-state index in [0.717, 1.165) is 30.8 Å². The normalized spacial score (nSPS) is 16.5. The number of fused-ring (bicyclic) bond motifs is 1. The Labute approximate surface area is 164 Å². The maximum Gasteiger partial charge on any atom is 0.254 e. The average Bonchev–Trinajstić information content (AvgIpc) is 2.77. The molecule has 2 aromatic rings. The van der Waals surface area contributed by atoms with E-state index < -0.39 is 0 Å². The van der Waals surface area contributed by atoms with E-state index in [2.05, 4.69) is 9.88 Å². The van der Waals surface area contributed by atoms with Crippen molar-refractivity contribution < 1.29 is 19.0 Å². The van der Waals surface area contributed by atoms with Gasteiger partial charge in [0.15, 0.2) is 11.5 Å². The van der Waals surface area contributed by atoms with Crippen LogP contribution in [0.2, 0.25) is 0 Å². The SMILES string of the molecule is COc1ccc(C(=O)N2CCc3cnc(N4CCOCC4)nc3C2)cc1OC. The number of hydrogen-bond donors (Lipinski definition) is 0. The Hall–Kier alpha value is -2.87. The number of hydrogen-bond acceptors (Lipinski definition) is 7. The van der Waals surface area contributed by atoms with Crippen molar-refractivity contribution in [2.75, 3.05) is 52.0 Å². The van der Waals surface area contributed by atoms with Crippen LogP contribution in [0.5, 0.6) is 11.5 Å². The molecule has 1 amide bonds. The Morgan fingerprint density at radius 3 is 2.64 bits per heavy atom. The van der Waals surface area contributed by atoms with Gasteiger partial charge in [-0.25, -0.2) is 9.97 Å². The lowest BCUT2D eigenvalue weighted by molar-refractivity contribution is 0.0731. The highest BCUT2D eigenvalue weighted by Gasteiger charge is 2.25. The minimum atomic E-state index is -0.0434. The third-order valence-electron chi connectivity index (χ3n) is 5.14. The second-order valence-corrected chi connectivity index (χ2v) is 6.79. The summed E-state index contributed by atoms with van der Waals surface area (Å²) >= 11 is 0. The summed E-state index contributed by atoms with van der Waals surface area (Å²) in [7, 11) is 3.14. The van der Waals surface area contributed by atoms with Crippen LogP contribution in [0.25, 0.3) is 0 Å². The molecule has 0 saturated carbocycles. The number of morpholine rings is 1. The van der Waals surface area contributed by atoms with Crippen molar-refractivity contribution in [1.82, 2.24) is 14.9 Å². The largest absolute Gasteiger partial charge is 0.493 e. The van der Waals surface area contributed by atoms with Crippen LogP contribution in [-0.4, -0.2) is 67.8 Å². The molecule has 0 aliphatic carbocycles. The smallest absolute Gasteiger partial charge is 0.254 e. The van der Waals surface area contributed by atoms with Gasteiger partial charge in [-0.2, -0.15) is 0 Å². The lowest BCUT2D eigenvalue weighted by atomic mass is 10.1. The summed E-state index contributed by atoms with van der Waals surface area (Å²) in [6.07, 6.45) is 2.64. The third kappa shape index (κ3) is 3.60. The zero-order valence-corrected chi connectivity index (χ0v) is 16.2. The van der Waals surface area contributed by atoms with Crippen molar-refractivity contribution in [1.29, 1.82) is 0 Å². The van der Waals surface area contributed by atoms with E-state index in [1.54, 1.807) is 32.4 Å². The van der Waals surface area contributed by atoms with Gasteiger partial charge in [0.25, 0.3) is 5.91 Å². The summed E-state index contributed by atoms with van der Waals surface area (Å²) in [5, 5.41) is 0. The van der Waals surface area contributed by atoms with Gasteiger partial charge in [-0.1, -0.05) is 0 Å². The van der Waals surface area contributed by atoms with E-state index in [9.17, 15) is 4.79 Å². The van der Waals surface area contributed by atoms with Crippen LogP contribution in [0.1, 0.15) is 21.6 Å². The van der Waals surface area contributed by atoms with Crippen LogP contribution in [0.4, 0.5) is 5.95 Å². The summed E-state index contributed by atoms with van der Waals surface area (Å²) < 4.78 is 16.0. The third-order valence-corrected chi connectivity index (χ3v) is 5.14. The van der Waals surface area contributed by atoms with Crippen LogP contribution >= 0.6 is 0 Å². The Kier molecular flexibility index (Phi) is 5.29. The van der Waals surface area contributed by atoms with Gasteiger partial charge in [0.1, 0.15) is 0 Å². The highest BCUT2D eigenvalue weighted by Crippen LogP contribution is 2.29. The quantitative estimate of drug-likeness (QED) is 0.791. The number of aromatic nitrogens is 2. The monoisotopic (exact) mass is 384 g/mol. The Balaban J connectivity index is 1.53. The average molecular weight is 384 g/mol. The zero-order valence-electron chi connectivity index (χ0n) is 16.2. The molecule has 0 unspecified atom stereocenters.